The summed E-state index contributed by atoms with van der Waals surface area (Å²) in [6, 6.07) is 21.5. The number of hydrogen-bond donors (Lipinski definition) is 0. The molecule has 0 bridgehead atoms. The first-order chi connectivity index (χ1) is 11.8. The van der Waals surface area contributed by atoms with E-state index in [0.717, 1.165) is 20.8 Å². The predicted octanol–water partition coefficient (Wildman–Crippen LogP) is 4.01. The Morgan fingerprint density at radius 2 is 1.71 bits per heavy atom. The van der Waals surface area contributed by atoms with Gasteiger partial charge >= 0.3 is 0 Å². The zero-order chi connectivity index (χ0) is 16.4. The van der Waals surface area contributed by atoms with Crippen molar-refractivity contribution in [3.05, 3.63) is 89.0 Å². The van der Waals surface area contributed by atoms with Crippen LogP contribution in [0.2, 0.25) is 0 Å². The number of aromatic nitrogens is 2. The fourth-order valence-electron chi connectivity index (χ4n) is 2.41. The van der Waals surface area contributed by atoms with Crippen molar-refractivity contribution >= 4 is 27.8 Å². The Balaban J connectivity index is 1.76. The highest BCUT2D eigenvalue weighted by Crippen LogP contribution is 2.30. The van der Waals surface area contributed by atoms with E-state index in [4.69, 9.17) is 0 Å². The van der Waals surface area contributed by atoms with Gasteiger partial charge < -0.3 is 0 Å². The molecule has 2 heterocycles. The van der Waals surface area contributed by atoms with Crippen LogP contribution in [0.4, 0.5) is 0 Å². The van der Waals surface area contributed by atoms with Gasteiger partial charge in [0.25, 0.3) is 5.56 Å². The van der Waals surface area contributed by atoms with E-state index in [-0.39, 0.29) is 5.56 Å². The average molecular weight is 331 g/mol. The third kappa shape index (κ3) is 2.77. The first-order valence-electron chi connectivity index (χ1n) is 7.47. The second-order valence-electron chi connectivity index (χ2n) is 5.25. The molecule has 2 aromatic carbocycles. The number of thiophene rings is 1. The van der Waals surface area contributed by atoms with E-state index in [2.05, 4.69) is 10.1 Å². The van der Waals surface area contributed by atoms with Crippen LogP contribution in [-0.2, 0) is 0 Å². The molecule has 4 aromatic rings. The largest absolute Gasteiger partial charge is 0.282 e. The minimum atomic E-state index is -0.161. The molecule has 0 aliphatic carbocycles. The highest BCUT2D eigenvalue weighted by Gasteiger charge is 2.09. The van der Waals surface area contributed by atoms with Crippen LogP contribution in [-0.4, -0.2) is 15.9 Å². The molecule has 0 fully saturated rings. The molecule has 0 atom stereocenters. The smallest absolute Gasteiger partial charge is 0.267 e. The molecule has 0 aliphatic rings. The highest BCUT2D eigenvalue weighted by molar-refractivity contribution is 7.21. The molecule has 0 saturated heterocycles. The number of benzene rings is 2. The Kier molecular flexibility index (Phi) is 3.76. The molecule has 0 N–H and O–H groups in total. The SMILES string of the molecule is O=c1c2cc(-c3ccccc3)sc2ncn1N=Cc1ccccc1. The topological polar surface area (TPSA) is 47.2 Å². The summed E-state index contributed by atoms with van der Waals surface area (Å²) in [6.07, 6.45) is 3.12. The van der Waals surface area contributed by atoms with Gasteiger partial charge in [0.05, 0.1) is 11.6 Å². The number of rotatable bonds is 3. The third-order valence-electron chi connectivity index (χ3n) is 3.62. The lowest BCUT2D eigenvalue weighted by atomic mass is 10.2. The molecule has 0 saturated carbocycles. The lowest BCUT2D eigenvalue weighted by Crippen LogP contribution is -2.16. The third-order valence-corrected chi connectivity index (χ3v) is 4.72. The second kappa shape index (κ2) is 6.22. The van der Waals surface area contributed by atoms with Gasteiger partial charge in [-0.1, -0.05) is 60.7 Å². The van der Waals surface area contributed by atoms with Crippen molar-refractivity contribution in [1.29, 1.82) is 0 Å². The summed E-state index contributed by atoms with van der Waals surface area (Å²) in [6.45, 7) is 0. The average Bonchev–Trinajstić information content (AvgIpc) is 3.08. The monoisotopic (exact) mass is 331 g/mol. The number of fused-ring (bicyclic) bond motifs is 1. The summed E-state index contributed by atoms with van der Waals surface area (Å²) < 4.78 is 1.27. The van der Waals surface area contributed by atoms with Gasteiger partial charge in [0.2, 0.25) is 0 Å². The zero-order valence-corrected chi connectivity index (χ0v) is 13.5. The Bertz CT molecular complexity index is 1070. The summed E-state index contributed by atoms with van der Waals surface area (Å²) >= 11 is 1.51. The van der Waals surface area contributed by atoms with Gasteiger partial charge in [0.15, 0.2) is 0 Å². The van der Waals surface area contributed by atoms with Crippen LogP contribution in [0.3, 0.4) is 0 Å². The first kappa shape index (κ1) is 14.5. The summed E-state index contributed by atoms with van der Waals surface area (Å²) in [5.41, 5.74) is 1.85. The van der Waals surface area contributed by atoms with Gasteiger partial charge in [-0.05, 0) is 17.2 Å². The van der Waals surface area contributed by atoms with E-state index in [9.17, 15) is 4.79 Å². The van der Waals surface area contributed by atoms with Crippen molar-refractivity contribution in [1.82, 2.24) is 9.66 Å². The molecule has 0 unspecified atom stereocenters. The van der Waals surface area contributed by atoms with Gasteiger partial charge in [-0.3, -0.25) is 4.79 Å². The van der Waals surface area contributed by atoms with Crippen molar-refractivity contribution in [3.8, 4) is 10.4 Å². The molecule has 24 heavy (non-hydrogen) atoms. The standard InChI is InChI=1S/C19H13N3OS/c23-19-16-11-17(15-9-5-2-6-10-15)24-18(16)20-13-22(19)21-12-14-7-3-1-4-8-14/h1-13H. The maximum absolute atomic E-state index is 12.6. The Labute approximate surface area is 142 Å². The Hall–Kier alpha value is -3.05. The molecule has 116 valence electrons. The number of hydrogen-bond acceptors (Lipinski definition) is 4. The van der Waals surface area contributed by atoms with E-state index in [1.54, 1.807) is 6.21 Å². The molecule has 0 aliphatic heterocycles. The minimum Gasteiger partial charge on any atom is -0.267 e. The van der Waals surface area contributed by atoms with Crippen LogP contribution < -0.4 is 5.56 Å². The fourth-order valence-corrected chi connectivity index (χ4v) is 3.40. The lowest BCUT2D eigenvalue weighted by molar-refractivity contribution is 0.819. The normalized spacial score (nSPS) is 11.3. The minimum absolute atomic E-state index is 0.161. The zero-order valence-electron chi connectivity index (χ0n) is 12.7. The van der Waals surface area contributed by atoms with Crippen LogP contribution >= 0.6 is 11.3 Å². The van der Waals surface area contributed by atoms with E-state index >= 15 is 0 Å². The number of nitrogens with zero attached hydrogens (tertiary/aromatic N) is 3. The molecule has 4 rings (SSSR count). The molecular weight excluding hydrogens is 318 g/mol. The van der Waals surface area contributed by atoms with Crippen molar-refractivity contribution in [2.75, 3.05) is 0 Å². The van der Waals surface area contributed by atoms with E-state index in [1.807, 2.05) is 66.7 Å². The van der Waals surface area contributed by atoms with Crippen LogP contribution in [0.15, 0.2) is 83.0 Å². The maximum Gasteiger partial charge on any atom is 0.282 e. The van der Waals surface area contributed by atoms with Gasteiger partial charge in [0, 0.05) is 4.88 Å². The summed E-state index contributed by atoms with van der Waals surface area (Å²) in [4.78, 5) is 18.7. The van der Waals surface area contributed by atoms with Crippen molar-refractivity contribution < 1.29 is 0 Å². The Morgan fingerprint density at radius 3 is 2.46 bits per heavy atom. The summed E-state index contributed by atoms with van der Waals surface area (Å²) in [7, 11) is 0. The van der Waals surface area contributed by atoms with Crippen molar-refractivity contribution in [2.45, 2.75) is 0 Å². The van der Waals surface area contributed by atoms with Gasteiger partial charge in [-0.15, -0.1) is 11.3 Å². The first-order valence-corrected chi connectivity index (χ1v) is 8.29. The van der Waals surface area contributed by atoms with E-state index in [0.29, 0.717) is 5.39 Å². The molecule has 4 nitrogen and oxygen atoms in total. The van der Waals surface area contributed by atoms with Crippen LogP contribution in [0.5, 0.6) is 0 Å². The van der Waals surface area contributed by atoms with Gasteiger partial charge in [-0.25, -0.2) is 4.98 Å². The van der Waals surface area contributed by atoms with Crippen LogP contribution in [0, 0.1) is 0 Å². The molecule has 0 spiro atoms. The predicted molar refractivity (Wildman–Crippen MR) is 98.8 cm³/mol. The van der Waals surface area contributed by atoms with E-state index < -0.39 is 0 Å². The van der Waals surface area contributed by atoms with Crippen LogP contribution in [0.25, 0.3) is 20.7 Å². The lowest BCUT2D eigenvalue weighted by Gasteiger charge is -1.97. The van der Waals surface area contributed by atoms with Crippen molar-refractivity contribution in [2.24, 2.45) is 5.10 Å². The second-order valence-corrected chi connectivity index (χ2v) is 6.28. The fraction of sp³-hybridized carbons (Fsp3) is 0. The quantitative estimate of drug-likeness (QED) is 0.533. The molecule has 2 aromatic heterocycles. The highest BCUT2D eigenvalue weighted by atomic mass is 32.1. The van der Waals surface area contributed by atoms with Gasteiger partial charge in [0.1, 0.15) is 11.2 Å². The molecule has 5 heteroatoms. The van der Waals surface area contributed by atoms with Gasteiger partial charge in [-0.2, -0.15) is 9.78 Å². The molecular formula is C19H13N3OS. The van der Waals surface area contributed by atoms with E-state index in [1.165, 1.54) is 22.3 Å². The summed E-state index contributed by atoms with van der Waals surface area (Å²) in [5.74, 6) is 0. The Morgan fingerprint density at radius 1 is 1.00 bits per heavy atom. The molecule has 0 amide bonds. The van der Waals surface area contributed by atoms with Crippen LogP contribution in [0.1, 0.15) is 5.56 Å². The molecule has 0 radical (unpaired) electrons. The van der Waals surface area contributed by atoms with Crippen molar-refractivity contribution in [3.63, 3.8) is 0 Å². The summed E-state index contributed by atoms with van der Waals surface area (Å²) in [5, 5.41) is 4.82. The maximum atomic E-state index is 12.6.